The average Bonchev–Trinajstić information content (AvgIpc) is 3.09. The molecule has 4 nitrogen and oxygen atoms in total. The molecule has 0 unspecified atom stereocenters. The number of imidazole rings is 1. The van der Waals surface area contributed by atoms with Crippen molar-refractivity contribution >= 4 is 5.97 Å². The van der Waals surface area contributed by atoms with Gasteiger partial charge >= 0.3 is 5.97 Å². The summed E-state index contributed by atoms with van der Waals surface area (Å²) in [6, 6.07) is 15.2. The number of ether oxygens (including phenoxy) is 1. The van der Waals surface area contributed by atoms with Crippen LogP contribution in [-0.2, 0) is 11.3 Å². The number of aromatic nitrogens is 2. The molecule has 4 heteroatoms. The molecule has 0 aliphatic carbocycles. The number of nitrogens with zero attached hydrogens (tertiary/aromatic N) is 2. The van der Waals surface area contributed by atoms with Crippen molar-refractivity contribution in [3.63, 3.8) is 0 Å². The molecule has 0 aliphatic heterocycles. The summed E-state index contributed by atoms with van der Waals surface area (Å²) >= 11 is 0. The number of esters is 1. The van der Waals surface area contributed by atoms with Crippen LogP contribution in [0.3, 0.4) is 0 Å². The van der Waals surface area contributed by atoms with Gasteiger partial charge in [0.25, 0.3) is 0 Å². The molecule has 1 aromatic heterocycles. The van der Waals surface area contributed by atoms with E-state index in [-0.39, 0.29) is 5.97 Å². The van der Waals surface area contributed by atoms with Crippen LogP contribution in [0.4, 0.5) is 0 Å². The van der Waals surface area contributed by atoms with E-state index in [1.807, 2.05) is 53.2 Å². The molecule has 0 bridgehead atoms. The van der Waals surface area contributed by atoms with Crippen molar-refractivity contribution in [2.75, 3.05) is 7.11 Å². The number of hydrogen-bond donors (Lipinski definition) is 0. The summed E-state index contributed by atoms with van der Waals surface area (Å²) in [6.07, 6.45) is 8.98. The number of methoxy groups -OCH3 is 1. The van der Waals surface area contributed by atoms with Gasteiger partial charge in [-0.3, -0.25) is 0 Å². The normalized spacial score (nSPS) is 10.2. The van der Waals surface area contributed by atoms with Crippen LogP contribution in [-0.4, -0.2) is 22.6 Å². The average molecular weight is 316 g/mol. The van der Waals surface area contributed by atoms with Gasteiger partial charge in [-0.05, 0) is 35.4 Å². The lowest BCUT2D eigenvalue weighted by Crippen LogP contribution is -2.04. The molecular weight excluding hydrogens is 300 g/mol. The third-order valence-corrected chi connectivity index (χ3v) is 3.76. The van der Waals surface area contributed by atoms with Crippen molar-refractivity contribution in [1.29, 1.82) is 0 Å². The molecule has 1 heterocycles. The van der Waals surface area contributed by atoms with E-state index < -0.39 is 0 Å². The zero-order valence-electron chi connectivity index (χ0n) is 13.3. The van der Waals surface area contributed by atoms with Crippen LogP contribution >= 0.6 is 0 Å². The number of terminal acetylenes is 1. The predicted octanol–water partition coefficient (Wildman–Crippen LogP) is 3.37. The molecule has 0 aliphatic rings. The Morgan fingerprint density at radius 3 is 2.75 bits per heavy atom. The highest BCUT2D eigenvalue weighted by molar-refractivity contribution is 5.89. The van der Waals surface area contributed by atoms with Crippen molar-refractivity contribution in [1.82, 2.24) is 9.55 Å². The molecule has 3 aromatic rings. The molecule has 2 aromatic carbocycles. The van der Waals surface area contributed by atoms with Crippen LogP contribution in [0.2, 0.25) is 0 Å². The van der Waals surface area contributed by atoms with E-state index in [4.69, 9.17) is 11.2 Å². The van der Waals surface area contributed by atoms with Crippen LogP contribution < -0.4 is 0 Å². The van der Waals surface area contributed by atoms with E-state index in [1.54, 1.807) is 12.4 Å². The van der Waals surface area contributed by atoms with Crippen molar-refractivity contribution in [3.8, 4) is 23.6 Å². The molecule has 0 saturated carbocycles. The van der Waals surface area contributed by atoms with E-state index in [2.05, 4.69) is 10.9 Å². The molecule has 0 saturated heterocycles. The van der Waals surface area contributed by atoms with Gasteiger partial charge in [0.2, 0.25) is 0 Å². The highest BCUT2D eigenvalue weighted by atomic mass is 16.5. The topological polar surface area (TPSA) is 44.1 Å². The van der Waals surface area contributed by atoms with E-state index >= 15 is 0 Å². The van der Waals surface area contributed by atoms with Crippen LogP contribution in [0.1, 0.15) is 21.5 Å². The first-order valence-electron chi connectivity index (χ1n) is 7.45. The Bertz CT molecular complexity index is 902. The lowest BCUT2D eigenvalue weighted by atomic mass is 10.1. The van der Waals surface area contributed by atoms with E-state index in [0.29, 0.717) is 12.1 Å². The number of benzene rings is 2. The van der Waals surface area contributed by atoms with Gasteiger partial charge in [0.15, 0.2) is 0 Å². The number of hydrogen-bond acceptors (Lipinski definition) is 3. The monoisotopic (exact) mass is 316 g/mol. The first kappa shape index (κ1) is 15.6. The second-order valence-corrected chi connectivity index (χ2v) is 5.32. The van der Waals surface area contributed by atoms with Gasteiger partial charge in [0, 0.05) is 12.1 Å². The molecular formula is C20H16N2O2. The van der Waals surface area contributed by atoms with Gasteiger partial charge in [0.1, 0.15) is 0 Å². The third kappa shape index (κ3) is 3.21. The zero-order valence-corrected chi connectivity index (χ0v) is 13.3. The van der Waals surface area contributed by atoms with Crippen LogP contribution in [0.15, 0.2) is 61.1 Å². The summed E-state index contributed by atoms with van der Waals surface area (Å²) in [6.45, 7) is 0.608. The Morgan fingerprint density at radius 1 is 1.25 bits per heavy atom. The van der Waals surface area contributed by atoms with Crippen molar-refractivity contribution < 1.29 is 9.53 Å². The number of carbonyl (C=O) groups is 1. The quantitative estimate of drug-likeness (QED) is 0.547. The lowest BCUT2D eigenvalue weighted by Gasteiger charge is -2.09. The van der Waals surface area contributed by atoms with Gasteiger partial charge in [0.05, 0.1) is 30.9 Å². The summed E-state index contributed by atoms with van der Waals surface area (Å²) < 4.78 is 6.80. The standard InChI is InChI=1S/C20H16N2O2/c1-3-15-7-9-17(10-8-15)19-12-21-14-22(19)13-16-5-4-6-18(11-16)20(23)24-2/h1,4-12,14H,13H2,2H3. The Labute approximate surface area is 140 Å². The number of rotatable bonds is 4. The Morgan fingerprint density at radius 2 is 2.04 bits per heavy atom. The Hall–Kier alpha value is -3.32. The van der Waals surface area contributed by atoms with Gasteiger partial charge < -0.3 is 9.30 Å². The number of carbonyl (C=O) groups excluding carboxylic acids is 1. The van der Waals surface area contributed by atoms with Gasteiger partial charge in [-0.25, -0.2) is 9.78 Å². The molecule has 0 radical (unpaired) electrons. The van der Waals surface area contributed by atoms with E-state index in [1.165, 1.54) is 7.11 Å². The maximum absolute atomic E-state index is 11.7. The fraction of sp³-hybridized carbons (Fsp3) is 0.100. The molecule has 24 heavy (non-hydrogen) atoms. The largest absolute Gasteiger partial charge is 0.465 e. The first-order chi connectivity index (χ1) is 11.7. The maximum atomic E-state index is 11.7. The molecule has 118 valence electrons. The fourth-order valence-electron chi connectivity index (χ4n) is 2.54. The summed E-state index contributed by atoms with van der Waals surface area (Å²) in [7, 11) is 1.38. The van der Waals surface area contributed by atoms with Crippen LogP contribution in [0.25, 0.3) is 11.3 Å². The molecule has 3 rings (SSSR count). The minimum Gasteiger partial charge on any atom is -0.465 e. The van der Waals surface area contributed by atoms with Crippen molar-refractivity contribution in [3.05, 3.63) is 77.7 Å². The van der Waals surface area contributed by atoms with E-state index in [9.17, 15) is 4.79 Å². The Balaban J connectivity index is 1.88. The second kappa shape index (κ2) is 6.84. The first-order valence-corrected chi connectivity index (χ1v) is 7.45. The van der Waals surface area contributed by atoms with E-state index in [0.717, 1.165) is 22.4 Å². The highest BCUT2D eigenvalue weighted by Gasteiger charge is 2.09. The minimum atomic E-state index is -0.340. The summed E-state index contributed by atoms with van der Waals surface area (Å²) in [5.74, 6) is 2.27. The van der Waals surface area contributed by atoms with Crippen molar-refractivity contribution in [2.24, 2.45) is 0 Å². The van der Waals surface area contributed by atoms with Gasteiger partial charge in [-0.2, -0.15) is 0 Å². The lowest BCUT2D eigenvalue weighted by molar-refractivity contribution is 0.0600. The SMILES string of the molecule is C#Cc1ccc(-c2cncn2Cc2cccc(C(=O)OC)c2)cc1. The second-order valence-electron chi connectivity index (χ2n) is 5.32. The summed E-state index contributed by atoms with van der Waals surface area (Å²) in [5.41, 5.74) is 4.40. The predicted molar refractivity (Wildman–Crippen MR) is 92.5 cm³/mol. The summed E-state index contributed by atoms with van der Waals surface area (Å²) in [5, 5.41) is 0. The smallest absolute Gasteiger partial charge is 0.337 e. The molecule has 0 fully saturated rings. The maximum Gasteiger partial charge on any atom is 0.337 e. The molecule has 0 spiro atoms. The molecule has 0 amide bonds. The summed E-state index contributed by atoms with van der Waals surface area (Å²) in [4.78, 5) is 15.9. The minimum absolute atomic E-state index is 0.340. The van der Waals surface area contributed by atoms with Crippen molar-refractivity contribution in [2.45, 2.75) is 6.54 Å². The van der Waals surface area contributed by atoms with Crippen LogP contribution in [0, 0.1) is 12.3 Å². The molecule has 0 N–H and O–H groups in total. The van der Waals surface area contributed by atoms with Crippen LogP contribution in [0.5, 0.6) is 0 Å². The Kier molecular flexibility index (Phi) is 4.44. The third-order valence-electron chi connectivity index (χ3n) is 3.76. The van der Waals surface area contributed by atoms with Gasteiger partial charge in [-0.1, -0.05) is 30.2 Å². The van der Waals surface area contributed by atoms with Gasteiger partial charge in [-0.15, -0.1) is 6.42 Å². The highest BCUT2D eigenvalue weighted by Crippen LogP contribution is 2.21. The molecule has 0 atom stereocenters. The fourth-order valence-corrected chi connectivity index (χ4v) is 2.54. The zero-order chi connectivity index (χ0) is 16.9.